The molecule has 0 bridgehead atoms. The number of nitrogens with one attached hydrogen (secondary N) is 2. The standard InChI is InChI=1S/C21H20ClF3N2O4/c1-13(27-20(29)12-30-15-6-7-17(22)18(23)10-15)5-8-19(28)26-11-14-3-2-4-16(9-14)31-21(24)25/h2-4,6-7,9-10,21H,1,5,8,11-12H2,(H,26,28)(H,27,29). The molecule has 0 fully saturated rings. The van der Waals surface area contributed by atoms with Gasteiger partial charge < -0.3 is 20.1 Å². The van der Waals surface area contributed by atoms with Crippen LogP contribution >= 0.6 is 11.6 Å². The first-order valence-corrected chi connectivity index (χ1v) is 9.46. The van der Waals surface area contributed by atoms with E-state index in [1.165, 1.54) is 30.3 Å². The molecular formula is C21H20ClF3N2O4. The quantitative estimate of drug-likeness (QED) is 0.531. The Morgan fingerprint density at radius 3 is 2.55 bits per heavy atom. The summed E-state index contributed by atoms with van der Waals surface area (Å²) in [4.78, 5) is 23.8. The van der Waals surface area contributed by atoms with Crippen LogP contribution in [0, 0.1) is 5.82 Å². The van der Waals surface area contributed by atoms with Gasteiger partial charge in [0.15, 0.2) is 6.61 Å². The van der Waals surface area contributed by atoms with Gasteiger partial charge in [-0.2, -0.15) is 8.78 Å². The van der Waals surface area contributed by atoms with Gasteiger partial charge in [-0.3, -0.25) is 9.59 Å². The van der Waals surface area contributed by atoms with Crippen molar-refractivity contribution in [2.24, 2.45) is 0 Å². The van der Waals surface area contributed by atoms with E-state index in [1.54, 1.807) is 6.07 Å². The van der Waals surface area contributed by atoms with E-state index < -0.39 is 18.3 Å². The summed E-state index contributed by atoms with van der Waals surface area (Å²) in [5.74, 6) is -1.35. The molecule has 2 amide bonds. The zero-order valence-electron chi connectivity index (χ0n) is 16.3. The summed E-state index contributed by atoms with van der Waals surface area (Å²) in [6.07, 6.45) is 0.233. The van der Waals surface area contributed by atoms with Crippen LogP contribution in [0.2, 0.25) is 5.02 Å². The normalized spacial score (nSPS) is 10.5. The molecule has 0 aliphatic rings. The molecule has 31 heavy (non-hydrogen) atoms. The third kappa shape index (κ3) is 9.00. The molecule has 0 aliphatic heterocycles. The molecule has 166 valence electrons. The summed E-state index contributed by atoms with van der Waals surface area (Å²) in [5.41, 5.74) is 0.896. The van der Waals surface area contributed by atoms with Gasteiger partial charge in [0.25, 0.3) is 5.91 Å². The Kier molecular flexibility index (Phi) is 9.20. The monoisotopic (exact) mass is 456 g/mol. The highest BCUT2D eigenvalue weighted by Crippen LogP contribution is 2.20. The fraction of sp³-hybridized carbons (Fsp3) is 0.238. The Morgan fingerprint density at radius 1 is 1.06 bits per heavy atom. The van der Waals surface area contributed by atoms with E-state index in [-0.39, 0.29) is 48.4 Å². The second kappa shape index (κ2) is 11.8. The lowest BCUT2D eigenvalue weighted by Gasteiger charge is -2.11. The number of allylic oxidation sites excluding steroid dienone is 1. The maximum Gasteiger partial charge on any atom is 0.387 e. The fourth-order valence-electron chi connectivity index (χ4n) is 2.40. The van der Waals surface area contributed by atoms with Crippen LogP contribution in [0.4, 0.5) is 13.2 Å². The first kappa shape index (κ1) is 24.1. The van der Waals surface area contributed by atoms with Gasteiger partial charge in [-0.15, -0.1) is 0 Å². The van der Waals surface area contributed by atoms with E-state index in [0.717, 1.165) is 6.07 Å². The molecule has 0 atom stereocenters. The SMILES string of the molecule is C=C(CCC(=O)NCc1cccc(OC(F)F)c1)NC(=O)COc1ccc(Cl)c(F)c1. The van der Waals surface area contributed by atoms with E-state index in [4.69, 9.17) is 16.3 Å². The van der Waals surface area contributed by atoms with E-state index >= 15 is 0 Å². The Balaban J connectivity index is 1.67. The molecule has 0 unspecified atom stereocenters. The number of amides is 2. The number of alkyl halides is 2. The third-order valence-corrected chi connectivity index (χ3v) is 4.15. The molecule has 0 saturated heterocycles. The average molecular weight is 457 g/mol. The number of carbonyl (C=O) groups excluding carboxylic acids is 2. The molecule has 2 N–H and O–H groups in total. The highest BCUT2D eigenvalue weighted by Gasteiger charge is 2.09. The second-order valence-electron chi connectivity index (χ2n) is 6.32. The minimum absolute atomic E-state index is 0.00129. The summed E-state index contributed by atoms with van der Waals surface area (Å²) in [7, 11) is 0. The Bertz CT molecular complexity index is 941. The smallest absolute Gasteiger partial charge is 0.387 e. The van der Waals surface area contributed by atoms with Crippen molar-refractivity contribution in [1.29, 1.82) is 0 Å². The van der Waals surface area contributed by atoms with Crippen molar-refractivity contribution in [3.63, 3.8) is 0 Å². The van der Waals surface area contributed by atoms with Crippen molar-refractivity contribution in [2.75, 3.05) is 6.61 Å². The summed E-state index contributed by atoms with van der Waals surface area (Å²) in [6, 6.07) is 9.78. The highest BCUT2D eigenvalue weighted by molar-refractivity contribution is 6.30. The van der Waals surface area contributed by atoms with Crippen LogP contribution in [0.25, 0.3) is 0 Å². The molecule has 2 aromatic carbocycles. The van der Waals surface area contributed by atoms with E-state index in [1.807, 2.05) is 0 Å². The number of carbonyl (C=O) groups is 2. The number of halogens is 4. The van der Waals surface area contributed by atoms with Gasteiger partial charge in [0.2, 0.25) is 5.91 Å². The summed E-state index contributed by atoms with van der Waals surface area (Å²) in [6.45, 7) is 0.502. The summed E-state index contributed by atoms with van der Waals surface area (Å²) < 4.78 is 47.3. The Morgan fingerprint density at radius 2 is 1.84 bits per heavy atom. The van der Waals surface area contributed by atoms with Gasteiger partial charge in [-0.25, -0.2) is 4.39 Å². The predicted molar refractivity (Wildman–Crippen MR) is 108 cm³/mol. The van der Waals surface area contributed by atoms with Crippen molar-refractivity contribution in [1.82, 2.24) is 10.6 Å². The van der Waals surface area contributed by atoms with Crippen molar-refractivity contribution >= 4 is 23.4 Å². The van der Waals surface area contributed by atoms with Crippen molar-refractivity contribution in [3.8, 4) is 11.5 Å². The number of rotatable bonds is 11. The molecule has 0 aliphatic carbocycles. The van der Waals surface area contributed by atoms with Crippen molar-refractivity contribution in [2.45, 2.75) is 26.0 Å². The van der Waals surface area contributed by atoms with Crippen LogP contribution in [0.5, 0.6) is 11.5 Å². The molecule has 6 nitrogen and oxygen atoms in total. The number of hydrogen-bond acceptors (Lipinski definition) is 4. The first-order chi connectivity index (χ1) is 14.7. The fourth-order valence-corrected chi connectivity index (χ4v) is 2.51. The van der Waals surface area contributed by atoms with Crippen LogP contribution in [0.15, 0.2) is 54.7 Å². The zero-order valence-corrected chi connectivity index (χ0v) is 17.1. The van der Waals surface area contributed by atoms with Gasteiger partial charge in [-0.1, -0.05) is 30.3 Å². The van der Waals surface area contributed by atoms with Crippen LogP contribution in [0.1, 0.15) is 18.4 Å². The van der Waals surface area contributed by atoms with Crippen LogP contribution in [-0.4, -0.2) is 25.0 Å². The van der Waals surface area contributed by atoms with Crippen LogP contribution < -0.4 is 20.1 Å². The van der Waals surface area contributed by atoms with E-state index in [9.17, 15) is 22.8 Å². The molecule has 0 radical (unpaired) electrons. The van der Waals surface area contributed by atoms with Crippen molar-refractivity contribution in [3.05, 3.63) is 71.1 Å². The molecule has 0 aromatic heterocycles. The van der Waals surface area contributed by atoms with Gasteiger partial charge in [0, 0.05) is 24.7 Å². The predicted octanol–water partition coefficient (Wildman–Crippen LogP) is 4.19. The third-order valence-electron chi connectivity index (χ3n) is 3.84. The zero-order chi connectivity index (χ0) is 22.8. The first-order valence-electron chi connectivity index (χ1n) is 9.09. The lowest BCUT2D eigenvalue weighted by molar-refractivity contribution is -0.123. The minimum Gasteiger partial charge on any atom is -0.484 e. The number of hydrogen-bond donors (Lipinski definition) is 2. The Labute approximate surface area is 182 Å². The topological polar surface area (TPSA) is 76.7 Å². The molecular weight excluding hydrogens is 437 g/mol. The molecule has 2 rings (SSSR count). The van der Waals surface area contributed by atoms with Gasteiger partial charge in [0.05, 0.1) is 5.02 Å². The van der Waals surface area contributed by atoms with Crippen LogP contribution in [-0.2, 0) is 16.1 Å². The molecule has 0 saturated carbocycles. The Hall–Kier alpha value is -3.20. The largest absolute Gasteiger partial charge is 0.484 e. The minimum atomic E-state index is -2.93. The van der Waals surface area contributed by atoms with E-state index in [2.05, 4.69) is 21.9 Å². The van der Waals surface area contributed by atoms with Gasteiger partial charge in [0.1, 0.15) is 17.3 Å². The summed E-state index contributed by atoms with van der Waals surface area (Å²) >= 11 is 5.57. The van der Waals surface area contributed by atoms with Gasteiger partial charge in [-0.05, 0) is 36.2 Å². The lowest BCUT2D eigenvalue weighted by atomic mass is 10.2. The lowest BCUT2D eigenvalue weighted by Crippen LogP contribution is -2.29. The average Bonchev–Trinajstić information content (AvgIpc) is 2.71. The van der Waals surface area contributed by atoms with E-state index in [0.29, 0.717) is 11.3 Å². The summed E-state index contributed by atoms with van der Waals surface area (Å²) in [5, 5.41) is 5.07. The highest BCUT2D eigenvalue weighted by atomic mass is 35.5. The van der Waals surface area contributed by atoms with Crippen molar-refractivity contribution < 1.29 is 32.2 Å². The molecule has 0 heterocycles. The molecule has 10 heteroatoms. The maximum atomic E-state index is 13.3. The van der Waals surface area contributed by atoms with Crippen LogP contribution in [0.3, 0.4) is 0 Å². The maximum absolute atomic E-state index is 13.3. The molecule has 2 aromatic rings. The van der Waals surface area contributed by atoms with Gasteiger partial charge >= 0.3 is 6.61 Å². The number of ether oxygens (including phenoxy) is 2. The molecule has 0 spiro atoms. The second-order valence-corrected chi connectivity index (χ2v) is 6.73. The number of benzene rings is 2.